The third-order valence-electron chi connectivity index (χ3n) is 5.51. The Balaban J connectivity index is 1.74. The summed E-state index contributed by atoms with van der Waals surface area (Å²) in [5.74, 6) is 6.63. The number of unbranched alkanes of at least 4 members (excludes halogenated alkanes) is 1. The maximum absolute atomic E-state index is 6.80. The molecule has 0 aliphatic rings. The number of rotatable bonds is 7. The fraction of sp³-hybridized carbons (Fsp3) is 0.286. The van der Waals surface area contributed by atoms with E-state index in [-0.39, 0.29) is 5.04 Å². The van der Waals surface area contributed by atoms with Crippen molar-refractivity contribution in [2.45, 2.75) is 45.1 Å². The topological polar surface area (TPSA) is 9.23 Å². The Morgan fingerprint density at radius 1 is 0.700 bits per heavy atom. The summed E-state index contributed by atoms with van der Waals surface area (Å²) in [5, 5.41) is 2.59. The molecule has 0 fully saturated rings. The van der Waals surface area contributed by atoms with Crippen molar-refractivity contribution in [1.29, 1.82) is 0 Å². The Labute approximate surface area is 183 Å². The lowest BCUT2D eigenvalue weighted by molar-refractivity contribution is 0.346. The van der Waals surface area contributed by atoms with Crippen molar-refractivity contribution in [3.8, 4) is 11.8 Å². The Hall–Kier alpha value is -2.60. The van der Waals surface area contributed by atoms with Gasteiger partial charge in [0.15, 0.2) is 0 Å². The van der Waals surface area contributed by atoms with E-state index in [0.29, 0.717) is 6.61 Å². The maximum Gasteiger partial charge on any atom is 0.262 e. The molecule has 0 aliphatic heterocycles. The molecule has 2 heteroatoms. The van der Waals surface area contributed by atoms with E-state index in [1.165, 1.54) is 15.9 Å². The second-order valence-corrected chi connectivity index (χ2v) is 13.0. The SMILES string of the molecule is CC(C)(C)[Si](OCC#CCCCc1ccccc1)(c1ccccc1)c1ccccc1. The van der Waals surface area contributed by atoms with Gasteiger partial charge in [-0.2, -0.15) is 0 Å². The molecule has 0 aromatic heterocycles. The first-order valence-corrected chi connectivity index (χ1v) is 12.7. The van der Waals surface area contributed by atoms with Gasteiger partial charge in [0.25, 0.3) is 8.32 Å². The maximum atomic E-state index is 6.80. The summed E-state index contributed by atoms with van der Waals surface area (Å²) in [5.41, 5.74) is 1.38. The lowest BCUT2D eigenvalue weighted by Gasteiger charge is -2.42. The van der Waals surface area contributed by atoms with E-state index in [4.69, 9.17) is 4.43 Å². The van der Waals surface area contributed by atoms with Crippen molar-refractivity contribution in [2.24, 2.45) is 0 Å². The van der Waals surface area contributed by atoms with Crippen LogP contribution in [0.3, 0.4) is 0 Å². The minimum Gasteiger partial charge on any atom is -0.396 e. The van der Waals surface area contributed by atoms with Gasteiger partial charge in [-0.05, 0) is 33.8 Å². The molecule has 0 unspecified atom stereocenters. The largest absolute Gasteiger partial charge is 0.396 e. The van der Waals surface area contributed by atoms with Gasteiger partial charge in [0, 0.05) is 6.42 Å². The van der Waals surface area contributed by atoms with Crippen LogP contribution in [0.25, 0.3) is 0 Å². The van der Waals surface area contributed by atoms with E-state index in [0.717, 1.165) is 19.3 Å². The highest BCUT2D eigenvalue weighted by Crippen LogP contribution is 2.36. The molecule has 0 heterocycles. The van der Waals surface area contributed by atoms with Crippen LogP contribution >= 0.6 is 0 Å². The quantitative estimate of drug-likeness (QED) is 0.279. The fourth-order valence-electron chi connectivity index (χ4n) is 4.07. The molecule has 0 aliphatic carbocycles. The van der Waals surface area contributed by atoms with Crippen LogP contribution in [-0.4, -0.2) is 14.9 Å². The van der Waals surface area contributed by atoms with Crippen molar-refractivity contribution in [3.63, 3.8) is 0 Å². The molecule has 3 aromatic rings. The van der Waals surface area contributed by atoms with E-state index >= 15 is 0 Å². The Morgan fingerprint density at radius 3 is 1.70 bits per heavy atom. The average Bonchev–Trinajstić information content (AvgIpc) is 2.77. The molecule has 0 N–H and O–H groups in total. The summed E-state index contributed by atoms with van der Waals surface area (Å²) in [4.78, 5) is 0. The molecule has 154 valence electrons. The number of aryl methyl sites for hydroxylation is 1. The lowest BCUT2D eigenvalue weighted by Crippen LogP contribution is -2.66. The van der Waals surface area contributed by atoms with E-state index in [9.17, 15) is 0 Å². The molecular formula is C28H32OSi. The van der Waals surface area contributed by atoms with Gasteiger partial charge in [-0.15, -0.1) is 5.92 Å². The minimum absolute atomic E-state index is 0.00923. The third-order valence-corrected chi connectivity index (χ3v) is 10.5. The molecule has 0 saturated heterocycles. The monoisotopic (exact) mass is 412 g/mol. The smallest absolute Gasteiger partial charge is 0.262 e. The molecule has 1 nitrogen and oxygen atoms in total. The first kappa shape index (κ1) is 22.1. The molecule has 3 aromatic carbocycles. The molecule has 0 bridgehead atoms. The Kier molecular flexibility index (Phi) is 7.68. The zero-order valence-electron chi connectivity index (χ0n) is 18.4. The van der Waals surface area contributed by atoms with Gasteiger partial charge in [-0.1, -0.05) is 118 Å². The van der Waals surface area contributed by atoms with Gasteiger partial charge in [-0.25, -0.2) is 0 Å². The summed E-state index contributed by atoms with van der Waals surface area (Å²) < 4.78 is 6.80. The zero-order valence-corrected chi connectivity index (χ0v) is 19.4. The predicted molar refractivity (Wildman–Crippen MR) is 131 cm³/mol. The predicted octanol–water partition coefficient (Wildman–Crippen LogP) is 5.59. The Morgan fingerprint density at radius 2 is 1.20 bits per heavy atom. The minimum atomic E-state index is -2.47. The number of hydrogen-bond donors (Lipinski definition) is 0. The molecule has 3 rings (SSSR count). The normalized spacial score (nSPS) is 11.6. The summed E-state index contributed by atoms with van der Waals surface area (Å²) >= 11 is 0. The zero-order chi connectivity index (χ0) is 21.3. The van der Waals surface area contributed by atoms with Gasteiger partial charge < -0.3 is 4.43 Å². The van der Waals surface area contributed by atoms with Gasteiger partial charge >= 0.3 is 0 Å². The van der Waals surface area contributed by atoms with Crippen LogP contribution in [-0.2, 0) is 10.8 Å². The van der Waals surface area contributed by atoms with E-state index in [1.54, 1.807) is 0 Å². The highest BCUT2D eigenvalue weighted by Gasteiger charge is 2.49. The van der Waals surface area contributed by atoms with Gasteiger partial charge in [0.1, 0.15) is 0 Å². The molecule has 0 atom stereocenters. The van der Waals surface area contributed by atoms with Gasteiger partial charge in [-0.3, -0.25) is 0 Å². The summed E-state index contributed by atoms with van der Waals surface area (Å²) in [6.07, 6.45) is 3.06. The van der Waals surface area contributed by atoms with Crippen LogP contribution in [0.1, 0.15) is 39.2 Å². The molecule has 0 spiro atoms. The van der Waals surface area contributed by atoms with Crippen LogP contribution in [0, 0.1) is 11.8 Å². The van der Waals surface area contributed by atoms with Crippen molar-refractivity contribution >= 4 is 18.7 Å². The van der Waals surface area contributed by atoms with Crippen molar-refractivity contribution in [1.82, 2.24) is 0 Å². The third kappa shape index (κ3) is 5.30. The van der Waals surface area contributed by atoms with Gasteiger partial charge in [0.2, 0.25) is 0 Å². The highest BCUT2D eigenvalue weighted by molar-refractivity contribution is 6.99. The molecule has 0 radical (unpaired) electrons. The van der Waals surface area contributed by atoms with E-state index < -0.39 is 8.32 Å². The number of benzene rings is 3. The lowest BCUT2D eigenvalue weighted by atomic mass is 10.1. The van der Waals surface area contributed by atoms with Crippen LogP contribution in [0.15, 0.2) is 91.0 Å². The summed E-state index contributed by atoms with van der Waals surface area (Å²) in [7, 11) is -2.47. The van der Waals surface area contributed by atoms with Crippen LogP contribution < -0.4 is 10.4 Å². The average molecular weight is 413 g/mol. The highest BCUT2D eigenvalue weighted by atomic mass is 28.4. The molecule has 0 saturated carbocycles. The standard InChI is InChI=1S/C28H32OSi/c1-28(2,3)30(26-20-12-7-13-21-26,27-22-14-8-15-23-27)29-24-16-5-4-9-17-25-18-10-6-11-19-25/h6-8,10-15,18-23H,4,9,17,24H2,1-3H3. The first-order valence-electron chi connectivity index (χ1n) is 10.8. The van der Waals surface area contributed by atoms with Crippen LogP contribution in [0.5, 0.6) is 0 Å². The summed E-state index contributed by atoms with van der Waals surface area (Å²) in [6, 6.07) is 32.1. The second-order valence-electron chi connectivity index (χ2n) is 8.64. The molecular weight excluding hydrogens is 380 g/mol. The molecule has 0 amide bonds. The van der Waals surface area contributed by atoms with E-state index in [1.807, 2.05) is 0 Å². The van der Waals surface area contributed by atoms with Crippen molar-refractivity contribution in [3.05, 3.63) is 96.6 Å². The van der Waals surface area contributed by atoms with Gasteiger partial charge in [0.05, 0.1) is 6.61 Å². The van der Waals surface area contributed by atoms with Crippen LogP contribution in [0.2, 0.25) is 5.04 Å². The van der Waals surface area contributed by atoms with Crippen molar-refractivity contribution in [2.75, 3.05) is 6.61 Å². The van der Waals surface area contributed by atoms with Crippen LogP contribution in [0.4, 0.5) is 0 Å². The first-order chi connectivity index (χ1) is 14.5. The fourth-order valence-corrected chi connectivity index (χ4v) is 8.52. The van der Waals surface area contributed by atoms with E-state index in [2.05, 4.69) is 124 Å². The molecule has 30 heavy (non-hydrogen) atoms. The Bertz CT molecular complexity index is 908. The summed E-state index contributed by atoms with van der Waals surface area (Å²) in [6.45, 7) is 7.37. The second kappa shape index (κ2) is 10.4. The van der Waals surface area contributed by atoms with Crippen molar-refractivity contribution < 1.29 is 4.43 Å². The number of hydrogen-bond acceptors (Lipinski definition) is 1.